The van der Waals surface area contributed by atoms with Crippen molar-refractivity contribution in [2.75, 3.05) is 11.9 Å². The summed E-state index contributed by atoms with van der Waals surface area (Å²) in [7, 11) is -4.08. The fourth-order valence-electron chi connectivity index (χ4n) is 1.83. The van der Waals surface area contributed by atoms with Crippen molar-refractivity contribution in [3.63, 3.8) is 0 Å². The van der Waals surface area contributed by atoms with Crippen LogP contribution in [0, 0.1) is 5.82 Å². The van der Waals surface area contributed by atoms with E-state index in [0.717, 1.165) is 12.1 Å². The zero-order valence-corrected chi connectivity index (χ0v) is 14.0. The van der Waals surface area contributed by atoms with Gasteiger partial charge < -0.3 is 5.32 Å². The summed E-state index contributed by atoms with van der Waals surface area (Å²) in [6.07, 6.45) is 1.33. The second-order valence-corrected chi connectivity index (χ2v) is 6.92. The van der Waals surface area contributed by atoms with Crippen LogP contribution >= 0.6 is 11.6 Å². The van der Waals surface area contributed by atoms with Gasteiger partial charge in [0.1, 0.15) is 10.7 Å². The first-order valence-electron chi connectivity index (χ1n) is 6.80. The van der Waals surface area contributed by atoms with Gasteiger partial charge in [0.15, 0.2) is 0 Å². The van der Waals surface area contributed by atoms with Gasteiger partial charge in [-0.3, -0.25) is 4.79 Å². The molecule has 0 bridgehead atoms. The smallest absolute Gasteiger partial charge is 0.255 e. The van der Waals surface area contributed by atoms with E-state index in [9.17, 15) is 17.6 Å². The molecule has 0 aliphatic rings. The lowest BCUT2D eigenvalue weighted by atomic mass is 10.2. The van der Waals surface area contributed by atoms with E-state index in [1.54, 1.807) is 24.3 Å². The summed E-state index contributed by atoms with van der Waals surface area (Å²) >= 11 is 5.76. The summed E-state index contributed by atoms with van der Waals surface area (Å²) in [6, 6.07) is 9.48. The Hall–Kier alpha value is -2.22. The molecular weight excluding hydrogens is 355 g/mol. The number of amides is 1. The molecule has 0 aromatic heterocycles. The normalized spacial score (nSPS) is 11.1. The van der Waals surface area contributed by atoms with Crippen LogP contribution in [0.5, 0.6) is 0 Å². The molecule has 2 aromatic carbocycles. The quantitative estimate of drug-likeness (QED) is 0.769. The molecule has 2 rings (SSSR count). The van der Waals surface area contributed by atoms with Crippen LogP contribution in [0.3, 0.4) is 0 Å². The molecule has 0 aliphatic carbocycles. The maximum atomic E-state index is 13.8. The molecule has 0 unspecified atom stereocenters. The fourth-order valence-corrected chi connectivity index (χ4v) is 3.06. The Morgan fingerprint density at radius 1 is 1.21 bits per heavy atom. The van der Waals surface area contributed by atoms with Crippen molar-refractivity contribution in [1.29, 1.82) is 0 Å². The second kappa shape index (κ2) is 7.57. The van der Waals surface area contributed by atoms with Crippen molar-refractivity contribution in [2.45, 2.75) is 4.90 Å². The van der Waals surface area contributed by atoms with Crippen molar-refractivity contribution in [1.82, 2.24) is 4.72 Å². The number of sulfonamides is 1. The minimum absolute atomic E-state index is 0.00493. The maximum Gasteiger partial charge on any atom is 0.255 e. The molecule has 0 radical (unpaired) electrons. The first kappa shape index (κ1) is 18.1. The number of nitrogens with one attached hydrogen (secondary N) is 2. The number of hydrogen-bond acceptors (Lipinski definition) is 3. The molecule has 0 atom stereocenters. The van der Waals surface area contributed by atoms with Crippen molar-refractivity contribution in [3.05, 3.63) is 71.5 Å². The molecule has 1 amide bonds. The molecule has 5 nitrogen and oxygen atoms in total. The Morgan fingerprint density at radius 2 is 1.88 bits per heavy atom. The average Bonchev–Trinajstić information content (AvgIpc) is 2.55. The lowest BCUT2D eigenvalue weighted by molar-refractivity contribution is 0.102. The molecular formula is C16H14ClFN2O3S. The molecule has 0 heterocycles. The number of anilines is 1. The van der Waals surface area contributed by atoms with Crippen LogP contribution in [0.1, 0.15) is 10.4 Å². The van der Waals surface area contributed by atoms with Crippen LogP contribution < -0.4 is 10.0 Å². The van der Waals surface area contributed by atoms with E-state index in [2.05, 4.69) is 16.6 Å². The highest BCUT2D eigenvalue weighted by atomic mass is 35.5. The van der Waals surface area contributed by atoms with Gasteiger partial charge in [-0.15, -0.1) is 6.58 Å². The summed E-state index contributed by atoms with van der Waals surface area (Å²) in [5.74, 6) is -1.52. The van der Waals surface area contributed by atoms with E-state index in [-0.39, 0.29) is 12.1 Å². The third-order valence-electron chi connectivity index (χ3n) is 3.00. The summed E-state index contributed by atoms with van der Waals surface area (Å²) in [6.45, 7) is 3.33. The first-order chi connectivity index (χ1) is 11.3. The molecule has 0 saturated heterocycles. The van der Waals surface area contributed by atoms with Gasteiger partial charge in [0.2, 0.25) is 10.0 Å². The predicted octanol–water partition coefficient (Wildman–Crippen LogP) is 3.20. The van der Waals surface area contributed by atoms with Crippen LogP contribution in [0.4, 0.5) is 10.1 Å². The monoisotopic (exact) mass is 368 g/mol. The van der Waals surface area contributed by atoms with Gasteiger partial charge in [-0.2, -0.15) is 0 Å². The van der Waals surface area contributed by atoms with E-state index < -0.39 is 26.6 Å². The van der Waals surface area contributed by atoms with Gasteiger partial charge in [-0.05, 0) is 42.5 Å². The summed E-state index contributed by atoms with van der Waals surface area (Å²) in [5.41, 5.74) is 0.480. The van der Waals surface area contributed by atoms with Gasteiger partial charge in [0.05, 0.1) is 0 Å². The summed E-state index contributed by atoms with van der Waals surface area (Å²) < 4.78 is 40.1. The van der Waals surface area contributed by atoms with E-state index >= 15 is 0 Å². The minimum Gasteiger partial charge on any atom is -0.322 e. The lowest BCUT2D eigenvalue weighted by Gasteiger charge is -2.09. The minimum atomic E-state index is -4.08. The van der Waals surface area contributed by atoms with Crippen molar-refractivity contribution >= 4 is 33.2 Å². The van der Waals surface area contributed by atoms with Gasteiger partial charge in [-0.25, -0.2) is 17.5 Å². The van der Waals surface area contributed by atoms with Gasteiger partial charge in [-0.1, -0.05) is 17.7 Å². The maximum absolute atomic E-state index is 13.8. The number of rotatable bonds is 6. The van der Waals surface area contributed by atoms with Crippen LogP contribution in [0.25, 0.3) is 0 Å². The zero-order valence-electron chi connectivity index (χ0n) is 12.4. The van der Waals surface area contributed by atoms with E-state index in [1.165, 1.54) is 12.1 Å². The van der Waals surface area contributed by atoms with E-state index in [4.69, 9.17) is 11.6 Å². The molecule has 2 N–H and O–H groups in total. The third-order valence-corrected chi connectivity index (χ3v) is 4.69. The van der Waals surface area contributed by atoms with E-state index in [0.29, 0.717) is 10.7 Å². The highest BCUT2D eigenvalue weighted by molar-refractivity contribution is 7.89. The average molecular weight is 369 g/mol. The SMILES string of the molecule is C=CCNS(=O)(=O)c1cc(C(=O)Nc2ccc(Cl)cc2)ccc1F. The molecule has 8 heteroatoms. The van der Waals surface area contributed by atoms with Gasteiger partial charge >= 0.3 is 0 Å². The Balaban J connectivity index is 2.28. The highest BCUT2D eigenvalue weighted by Gasteiger charge is 2.20. The number of carbonyl (C=O) groups is 1. The second-order valence-electron chi connectivity index (χ2n) is 4.75. The number of hydrogen-bond donors (Lipinski definition) is 2. The lowest BCUT2D eigenvalue weighted by Crippen LogP contribution is -2.25. The Bertz CT molecular complexity index is 867. The summed E-state index contributed by atoms with van der Waals surface area (Å²) in [4.78, 5) is 11.6. The van der Waals surface area contributed by atoms with Crippen LogP contribution in [0.15, 0.2) is 60.0 Å². The molecule has 0 fully saturated rings. The van der Waals surface area contributed by atoms with E-state index in [1.807, 2.05) is 0 Å². The summed E-state index contributed by atoms with van der Waals surface area (Å²) in [5, 5.41) is 3.09. The number of carbonyl (C=O) groups excluding carboxylic acids is 1. The van der Waals surface area contributed by atoms with Crippen molar-refractivity contribution in [3.8, 4) is 0 Å². The van der Waals surface area contributed by atoms with Crippen molar-refractivity contribution in [2.24, 2.45) is 0 Å². The fraction of sp³-hybridized carbons (Fsp3) is 0.0625. The van der Waals surface area contributed by atoms with Gasteiger partial charge in [0.25, 0.3) is 5.91 Å². The topological polar surface area (TPSA) is 75.3 Å². The van der Waals surface area contributed by atoms with Crippen molar-refractivity contribution < 1.29 is 17.6 Å². The van der Waals surface area contributed by atoms with Crippen LogP contribution in [-0.2, 0) is 10.0 Å². The zero-order chi connectivity index (χ0) is 17.7. The standard InChI is InChI=1S/C16H14ClFN2O3S/c1-2-9-19-24(22,23)15-10-11(3-8-14(15)18)16(21)20-13-6-4-12(17)5-7-13/h2-8,10,19H,1,9H2,(H,20,21). The largest absolute Gasteiger partial charge is 0.322 e. The number of halogens is 2. The Kier molecular flexibility index (Phi) is 5.71. The number of benzene rings is 2. The molecule has 0 spiro atoms. The first-order valence-corrected chi connectivity index (χ1v) is 8.66. The van der Waals surface area contributed by atoms with Crippen LogP contribution in [-0.4, -0.2) is 20.9 Å². The Labute approximate surface area is 144 Å². The Morgan fingerprint density at radius 3 is 2.50 bits per heavy atom. The molecule has 126 valence electrons. The molecule has 2 aromatic rings. The molecule has 0 saturated carbocycles. The predicted molar refractivity (Wildman–Crippen MR) is 91.2 cm³/mol. The van der Waals surface area contributed by atoms with Crippen LogP contribution in [0.2, 0.25) is 5.02 Å². The molecule has 24 heavy (non-hydrogen) atoms. The molecule has 0 aliphatic heterocycles. The van der Waals surface area contributed by atoms with Gasteiger partial charge in [0, 0.05) is 22.8 Å². The highest BCUT2D eigenvalue weighted by Crippen LogP contribution is 2.18. The third kappa shape index (κ3) is 4.41.